The van der Waals surface area contributed by atoms with Crippen molar-refractivity contribution in [3.8, 4) is 0 Å². The third-order valence-electron chi connectivity index (χ3n) is 4.30. The quantitative estimate of drug-likeness (QED) is 0.733. The van der Waals surface area contributed by atoms with E-state index in [-0.39, 0.29) is 5.82 Å². The second-order valence-electron chi connectivity index (χ2n) is 5.43. The van der Waals surface area contributed by atoms with Gasteiger partial charge < -0.3 is 0 Å². The van der Waals surface area contributed by atoms with Gasteiger partial charge in [-0.05, 0) is 48.3 Å². The molecule has 19 heavy (non-hydrogen) atoms. The van der Waals surface area contributed by atoms with Crippen LogP contribution < -0.4 is 0 Å². The van der Waals surface area contributed by atoms with Crippen LogP contribution >= 0.6 is 0 Å². The Bertz CT molecular complexity index is 635. The zero-order chi connectivity index (χ0) is 13.4. The van der Waals surface area contributed by atoms with Crippen molar-refractivity contribution in [3.63, 3.8) is 0 Å². The Balaban J connectivity index is 2.05. The average molecular weight is 256 g/mol. The molecule has 2 heteroatoms. The summed E-state index contributed by atoms with van der Waals surface area (Å²) in [5.41, 5.74) is 2.45. The van der Waals surface area contributed by atoms with Crippen molar-refractivity contribution in [2.24, 2.45) is 0 Å². The number of carbonyl (C=O) groups excluding carboxylic acids is 1. The maximum Gasteiger partial charge on any atom is 0.132 e. The molecule has 2 aromatic carbocycles. The van der Waals surface area contributed by atoms with Crippen LogP contribution in [-0.2, 0) is 4.79 Å². The van der Waals surface area contributed by atoms with E-state index >= 15 is 0 Å². The van der Waals surface area contributed by atoms with Crippen LogP contribution in [0.2, 0.25) is 0 Å². The lowest BCUT2D eigenvalue weighted by atomic mass is 9.81. The Hall–Kier alpha value is -1.70. The van der Waals surface area contributed by atoms with Gasteiger partial charge in [0.15, 0.2) is 0 Å². The Morgan fingerprint density at radius 2 is 1.79 bits per heavy atom. The van der Waals surface area contributed by atoms with Crippen LogP contribution in [0.4, 0.5) is 4.39 Å². The fraction of sp³-hybridized carbons (Fsp3) is 0.353. The topological polar surface area (TPSA) is 17.1 Å². The summed E-state index contributed by atoms with van der Waals surface area (Å²) in [6.07, 6.45) is 3.23. The van der Waals surface area contributed by atoms with Gasteiger partial charge in [-0.2, -0.15) is 0 Å². The predicted octanol–water partition coefficient (Wildman–Crippen LogP) is 4.51. The Labute approximate surface area is 112 Å². The molecule has 0 atom stereocenters. The van der Waals surface area contributed by atoms with E-state index in [1.54, 1.807) is 6.07 Å². The van der Waals surface area contributed by atoms with Crippen molar-refractivity contribution in [3.05, 3.63) is 47.3 Å². The molecule has 1 nitrogen and oxygen atoms in total. The highest BCUT2D eigenvalue weighted by atomic mass is 19.1. The molecule has 0 N–H and O–H groups in total. The molecule has 98 valence electrons. The maximum atomic E-state index is 13.7. The molecule has 2 aromatic rings. The second-order valence-corrected chi connectivity index (χ2v) is 5.43. The zero-order valence-electron chi connectivity index (χ0n) is 11.1. The summed E-state index contributed by atoms with van der Waals surface area (Å²) >= 11 is 0. The molecule has 0 aliphatic heterocycles. The first kappa shape index (κ1) is 12.3. The van der Waals surface area contributed by atoms with Gasteiger partial charge in [-0.15, -0.1) is 0 Å². The molecule has 0 bridgehead atoms. The smallest absolute Gasteiger partial charge is 0.132 e. The van der Waals surface area contributed by atoms with Gasteiger partial charge in [0.2, 0.25) is 0 Å². The summed E-state index contributed by atoms with van der Waals surface area (Å²) in [7, 11) is 0. The SMILES string of the molecule is Cc1c(C2CCC(=O)CC2)ccc2c(F)cccc12. The van der Waals surface area contributed by atoms with Crippen LogP contribution in [0.3, 0.4) is 0 Å². The molecular formula is C17H17FO. The Kier molecular flexibility index (Phi) is 3.09. The molecule has 0 heterocycles. The maximum absolute atomic E-state index is 13.7. The van der Waals surface area contributed by atoms with E-state index in [0.717, 1.165) is 23.8 Å². The fourth-order valence-corrected chi connectivity index (χ4v) is 3.18. The van der Waals surface area contributed by atoms with Gasteiger partial charge in [0.1, 0.15) is 11.6 Å². The lowest BCUT2D eigenvalue weighted by Gasteiger charge is -2.23. The van der Waals surface area contributed by atoms with Crippen molar-refractivity contribution < 1.29 is 9.18 Å². The van der Waals surface area contributed by atoms with Crippen molar-refractivity contribution in [2.45, 2.75) is 38.5 Å². The summed E-state index contributed by atoms with van der Waals surface area (Å²) in [6, 6.07) is 9.16. The van der Waals surface area contributed by atoms with Gasteiger partial charge >= 0.3 is 0 Å². The summed E-state index contributed by atoms with van der Waals surface area (Å²) < 4.78 is 13.7. The first-order valence-electron chi connectivity index (χ1n) is 6.86. The van der Waals surface area contributed by atoms with E-state index in [1.165, 1.54) is 11.6 Å². The van der Waals surface area contributed by atoms with Crippen molar-refractivity contribution >= 4 is 16.6 Å². The molecule has 0 radical (unpaired) electrons. The second kappa shape index (κ2) is 4.76. The molecule has 1 aliphatic carbocycles. The molecule has 0 amide bonds. The summed E-state index contributed by atoms with van der Waals surface area (Å²) in [5, 5.41) is 1.69. The van der Waals surface area contributed by atoms with Crippen molar-refractivity contribution in [2.75, 3.05) is 0 Å². The third kappa shape index (κ3) is 2.16. The van der Waals surface area contributed by atoms with E-state index in [4.69, 9.17) is 0 Å². The molecule has 0 unspecified atom stereocenters. The zero-order valence-corrected chi connectivity index (χ0v) is 11.1. The van der Waals surface area contributed by atoms with Crippen LogP contribution in [0.1, 0.15) is 42.7 Å². The third-order valence-corrected chi connectivity index (χ3v) is 4.30. The number of ketones is 1. The number of fused-ring (bicyclic) bond motifs is 1. The summed E-state index contributed by atoms with van der Waals surface area (Å²) in [5.74, 6) is 0.664. The normalized spacial score (nSPS) is 17.1. The Morgan fingerprint density at radius 3 is 2.53 bits per heavy atom. The molecule has 1 aliphatic rings. The standard InChI is InChI=1S/C17H17FO/c1-11-14(12-5-7-13(19)8-6-12)9-10-16-15(11)3-2-4-17(16)18/h2-4,9-10,12H,5-8H2,1H3. The largest absolute Gasteiger partial charge is 0.300 e. The molecule has 3 rings (SSSR count). The van der Waals surface area contributed by atoms with Crippen LogP contribution in [0, 0.1) is 12.7 Å². The predicted molar refractivity (Wildman–Crippen MR) is 74.9 cm³/mol. The number of carbonyl (C=O) groups is 1. The first-order valence-corrected chi connectivity index (χ1v) is 6.86. The number of benzene rings is 2. The number of hydrogen-bond acceptors (Lipinski definition) is 1. The highest BCUT2D eigenvalue weighted by molar-refractivity contribution is 5.87. The highest BCUT2D eigenvalue weighted by Gasteiger charge is 2.22. The lowest BCUT2D eigenvalue weighted by molar-refractivity contribution is -0.120. The van der Waals surface area contributed by atoms with E-state index in [2.05, 4.69) is 6.92 Å². The minimum absolute atomic E-state index is 0.161. The monoisotopic (exact) mass is 256 g/mol. The molecular weight excluding hydrogens is 239 g/mol. The van der Waals surface area contributed by atoms with Crippen molar-refractivity contribution in [1.82, 2.24) is 0 Å². The van der Waals surface area contributed by atoms with Crippen LogP contribution in [-0.4, -0.2) is 5.78 Å². The number of hydrogen-bond donors (Lipinski definition) is 0. The van der Waals surface area contributed by atoms with E-state index < -0.39 is 0 Å². The number of Topliss-reactive ketones (excluding diaryl/α,β-unsaturated/α-hetero) is 1. The summed E-state index contributed by atoms with van der Waals surface area (Å²) in [6.45, 7) is 2.06. The van der Waals surface area contributed by atoms with Gasteiger partial charge in [0.05, 0.1) is 0 Å². The molecule has 0 aromatic heterocycles. The van der Waals surface area contributed by atoms with Gasteiger partial charge in [0.25, 0.3) is 0 Å². The minimum atomic E-state index is -0.161. The first-order chi connectivity index (χ1) is 9.16. The van der Waals surface area contributed by atoms with E-state index in [1.807, 2.05) is 18.2 Å². The number of rotatable bonds is 1. The lowest BCUT2D eigenvalue weighted by Crippen LogP contribution is -2.13. The van der Waals surface area contributed by atoms with E-state index in [0.29, 0.717) is 29.9 Å². The highest BCUT2D eigenvalue weighted by Crippen LogP contribution is 2.36. The van der Waals surface area contributed by atoms with Crippen LogP contribution in [0.5, 0.6) is 0 Å². The molecule has 0 spiro atoms. The van der Waals surface area contributed by atoms with Gasteiger partial charge in [-0.1, -0.05) is 24.3 Å². The van der Waals surface area contributed by atoms with E-state index in [9.17, 15) is 9.18 Å². The average Bonchev–Trinajstić information content (AvgIpc) is 2.42. The fourth-order valence-electron chi connectivity index (χ4n) is 3.18. The summed E-state index contributed by atoms with van der Waals surface area (Å²) in [4.78, 5) is 11.3. The van der Waals surface area contributed by atoms with Gasteiger partial charge in [-0.3, -0.25) is 4.79 Å². The Morgan fingerprint density at radius 1 is 1.05 bits per heavy atom. The molecule has 1 saturated carbocycles. The van der Waals surface area contributed by atoms with Crippen LogP contribution in [0.15, 0.2) is 30.3 Å². The van der Waals surface area contributed by atoms with Crippen molar-refractivity contribution in [1.29, 1.82) is 0 Å². The molecule has 1 fully saturated rings. The van der Waals surface area contributed by atoms with Gasteiger partial charge in [-0.25, -0.2) is 4.39 Å². The van der Waals surface area contributed by atoms with Gasteiger partial charge in [0, 0.05) is 18.2 Å². The molecule has 0 saturated heterocycles. The van der Waals surface area contributed by atoms with Crippen LogP contribution in [0.25, 0.3) is 10.8 Å². The number of aryl methyl sites for hydroxylation is 1. The minimum Gasteiger partial charge on any atom is -0.300 e. The number of halogens is 1.